The summed E-state index contributed by atoms with van der Waals surface area (Å²) in [5.74, 6) is -0.351. The van der Waals surface area contributed by atoms with Crippen LogP contribution in [0.5, 0.6) is 0 Å². The first-order valence-corrected chi connectivity index (χ1v) is 10.4. The molecule has 1 saturated heterocycles. The molecule has 2 atom stereocenters. The average Bonchev–Trinajstić information content (AvgIpc) is 3.07. The molecule has 2 amide bonds. The quantitative estimate of drug-likeness (QED) is 0.526. The Hall–Kier alpha value is -3.21. The Morgan fingerprint density at radius 2 is 1.37 bits per heavy atom. The number of allylic oxidation sites excluding steroid dienone is 2. The van der Waals surface area contributed by atoms with Crippen molar-refractivity contribution in [3.05, 3.63) is 83.2 Å². The maximum Gasteiger partial charge on any atom is 0.234 e. The Balaban J connectivity index is 1.97. The van der Waals surface area contributed by atoms with Gasteiger partial charge in [-0.05, 0) is 38.8 Å². The molecule has 156 valence electrons. The van der Waals surface area contributed by atoms with E-state index in [0.29, 0.717) is 11.4 Å². The second-order valence-corrected chi connectivity index (χ2v) is 7.67. The van der Waals surface area contributed by atoms with Gasteiger partial charge in [-0.1, -0.05) is 60.7 Å². The molecule has 0 saturated carbocycles. The van der Waals surface area contributed by atoms with Gasteiger partial charge in [0.05, 0.1) is 17.5 Å². The van der Waals surface area contributed by atoms with Gasteiger partial charge in [0, 0.05) is 24.6 Å². The zero-order chi connectivity index (χ0) is 21.7. The number of rotatable bonds is 7. The van der Waals surface area contributed by atoms with Crippen molar-refractivity contribution in [2.45, 2.75) is 52.6 Å². The van der Waals surface area contributed by atoms with Crippen LogP contribution in [0.15, 0.2) is 77.1 Å². The van der Waals surface area contributed by atoms with Crippen LogP contribution >= 0.6 is 0 Å². The number of aliphatic imine (C=N–C) groups is 1. The summed E-state index contributed by atoms with van der Waals surface area (Å²) in [4.78, 5) is 31.2. The molecule has 5 heteroatoms. The van der Waals surface area contributed by atoms with Crippen LogP contribution in [0.4, 0.5) is 0 Å². The van der Waals surface area contributed by atoms with Crippen molar-refractivity contribution >= 4 is 17.5 Å². The smallest absolute Gasteiger partial charge is 0.234 e. The number of amides is 2. The number of hydrogen-bond donors (Lipinski definition) is 1. The van der Waals surface area contributed by atoms with Crippen molar-refractivity contribution in [3.63, 3.8) is 0 Å². The van der Waals surface area contributed by atoms with Crippen molar-refractivity contribution in [2.24, 2.45) is 4.99 Å². The summed E-state index contributed by atoms with van der Waals surface area (Å²) >= 11 is 0. The van der Waals surface area contributed by atoms with Crippen LogP contribution in [0.2, 0.25) is 0 Å². The van der Waals surface area contributed by atoms with Crippen molar-refractivity contribution in [1.82, 2.24) is 10.2 Å². The number of likely N-dealkylation sites (tertiary alicyclic amines) is 1. The molecule has 0 aliphatic carbocycles. The molecule has 1 aliphatic heterocycles. The van der Waals surface area contributed by atoms with Gasteiger partial charge in [0.1, 0.15) is 0 Å². The van der Waals surface area contributed by atoms with E-state index in [9.17, 15) is 9.59 Å². The molecule has 1 N–H and O–H groups in total. The molecule has 5 nitrogen and oxygen atoms in total. The maximum absolute atomic E-state index is 12.5. The lowest BCUT2D eigenvalue weighted by Crippen LogP contribution is -2.35. The van der Waals surface area contributed by atoms with Crippen LogP contribution < -0.4 is 5.32 Å². The highest BCUT2D eigenvalue weighted by Gasteiger charge is 2.34. The van der Waals surface area contributed by atoms with E-state index in [4.69, 9.17) is 4.99 Å². The normalized spacial score (nSPS) is 17.6. The third-order valence-electron chi connectivity index (χ3n) is 5.37. The summed E-state index contributed by atoms with van der Waals surface area (Å²) in [6.45, 7) is 7.84. The molecule has 0 radical (unpaired) electrons. The van der Waals surface area contributed by atoms with Gasteiger partial charge >= 0.3 is 0 Å². The van der Waals surface area contributed by atoms with Gasteiger partial charge in [0.15, 0.2) is 0 Å². The van der Waals surface area contributed by atoms with Gasteiger partial charge in [0.2, 0.25) is 11.8 Å². The third kappa shape index (κ3) is 4.85. The molecule has 2 aromatic carbocycles. The molecular weight excluding hydrogens is 374 g/mol. The van der Waals surface area contributed by atoms with Crippen LogP contribution in [0, 0.1) is 0 Å². The summed E-state index contributed by atoms with van der Waals surface area (Å²) in [5, 5.41) is 3.46. The van der Waals surface area contributed by atoms with Crippen molar-refractivity contribution in [1.29, 1.82) is 0 Å². The molecule has 30 heavy (non-hydrogen) atoms. The van der Waals surface area contributed by atoms with Crippen molar-refractivity contribution < 1.29 is 9.59 Å². The van der Waals surface area contributed by atoms with Crippen LogP contribution in [-0.2, 0) is 9.59 Å². The Morgan fingerprint density at radius 1 is 0.867 bits per heavy atom. The Bertz CT molecular complexity index is 948. The minimum Gasteiger partial charge on any atom is -0.380 e. The lowest BCUT2D eigenvalue weighted by Gasteiger charge is -2.25. The van der Waals surface area contributed by atoms with E-state index in [1.165, 1.54) is 4.90 Å². The lowest BCUT2D eigenvalue weighted by atomic mass is 10.1. The third-order valence-corrected chi connectivity index (χ3v) is 5.37. The first-order chi connectivity index (χ1) is 14.4. The first-order valence-electron chi connectivity index (χ1n) is 10.4. The molecule has 0 bridgehead atoms. The molecule has 0 aromatic heterocycles. The minimum absolute atomic E-state index is 0.0216. The number of benzene rings is 2. The monoisotopic (exact) mass is 403 g/mol. The van der Waals surface area contributed by atoms with Gasteiger partial charge in [0.25, 0.3) is 0 Å². The number of carbonyl (C=O) groups excluding carboxylic acids is 2. The molecule has 1 heterocycles. The van der Waals surface area contributed by atoms with Crippen molar-refractivity contribution in [3.8, 4) is 0 Å². The van der Waals surface area contributed by atoms with Gasteiger partial charge in [-0.2, -0.15) is 0 Å². The second-order valence-electron chi connectivity index (χ2n) is 7.67. The van der Waals surface area contributed by atoms with Gasteiger partial charge in [-0.3, -0.25) is 14.6 Å². The zero-order valence-corrected chi connectivity index (χ0v) is 18.1. The summed E-state index contributed by atoms with van der Waals surface area (Å²) in [5.41, 5.74) is 4.20. The predicted molar refractivity (Wildman–Crippen MR) is 120 cm³/mol. The predicted octanol–water partition coefficient (Wildman–Crippen LogP) is 4.94. The fourth-order valence-electron chi connectivity index (χ4n) is 3.80. The van der Waals surface area contributed by atoms with E-state index in [1.54, 1.807) is 0 Å². The molecule has 1 fully saturated rings. The van der Waals surface area contributed by atoms with E-state index in [2.05, 4.69) is 24.4 Å². The summed E-state index contributed by atoms with van der Waals surface area (Å²) in [7, 11) is 0. The number of hydrogen-bond acceptors (Lipinski definition) is 4. The van der Waals surface area contributed by atoms with E-state index in [1.807, 2.05) is 69.3 Å². The number of carbonyl (C=O) groups is 2. The molecular formula is C25H29N3O2. The topological polar surface area (TPSA) is 61.8 Å². The van der Waals surface area contributed by atoms with Gasteiger partial charge in [-0.25, -0.2) is 4.90 Å². The van der Waals surface area contributed by atoms with Crippen LogP contribution in [-0.4, -0.2) is 22.4 Å². The molecule has 3 rings (SSSR count). The summed E-state index contributed by atoms with van der Waals surface area (Å²) in [6.07, 6.45) is 0.483. The maximum atomic E-state index is 12.5. The zero-order valence-electron chi connectivity index (χ0n) is 18.1. The van der Waals surface area contributed by atoms with E-state index in [-0.39, 0.29) is 36.7 Å². The average molecular weight is 404 g/mol. The van der Waals surface area contributed by atoms with Crippen molar-refractivity contribution in [2.75, 3.05) is 0 Å². The van der Waals surface area contributed by atoms with Gasteiger partial charge in [-0.15, -0.1) is 0 Å². The summed E-state index contributed by atoms with van der Waals surface area (Å²) < 4.78 is 0. The van der Waals surface area contributed by atoms with E-state index >= 15 is 0 Å². The highest BCUT2D eigenvalue weighted by molar-refractivity contribution is 6.12. The number of nitrogens with zero attached hydrogens (tertiary/aromatic N) is 2. The number of nitrogens with one attached hydrogen (secondary N) is 1. The molecule has 0 spiro atoms. The lowest BCUT2D eigenvalue weighted by molar-refractivity contribution is -0.135. The molecule has 1 aliphatic rings. The standard InChI is InChI=1S/C25H29N3O2/c1-17(21-11-7-5-8-12-21)26-19(3)25(28-23(29)15-16-24(28)30)20(4)27-18(2)22-13-9-6-10-14-22/h5-14,17-18,26H,15-16H2,1-4H3/b25-19-,27-20?/t17-,18-/m0/s1. The van der Waals surface area contributed by atoms with Crippen LogP contribution in [0.1, 0.15) is 63.7 Å². The first kappa shape index (κ1) is 21.5. The second kappa shape index (κ2) is 9.53. The Kier molecular flexibility index (Phi) is 6.83. The largest absolute Gasteiger partial charge is 0.380 e. The van der Waals surface area contributed by atoms with Crippen LogP contribution in [0.25, 0.3) is 0 Å². The van der Waals surface area contributed by atoms with Crippen LogP contribution in [0.3, 0.4) is 0 Å². The highest BCUT2D eigenvalue weighted by atomic mass is 16.2. The highest BCUT2D eigenvalue weighted by Crippen LogP contribution is 2.25. The SMILES string of the molecule is CC(=N[C@@H](C)c1ccccc1)/C(=C(\C)N[C@@H](C)c1ccccc1)N1C(=O)CCC1=O. The van der Waals surface area contributed by atoms with E-state index < -0.39 is 0 Å². The van der Waals surface area contributed by atoms with Gasteiger partial charge < -0.3 is 5.32 Å². The fourth-order valence-corrected chi connectivity index (χ4v) is 3.80. The van der Waals surface area contributed by atoms with E-state index in [0.717, 1.165) is 16.8 Å². The molecule has 0 unspecified atom stereocenters. The summed E-state index contributed by atoms with van der Waals surface area (Å²) in [6, 6.07) is 20.0. The Labute approximate surface area is 178 Å². The number of imide groups is 1. The fraction of sp³-hybridized carbons (Fsp3) is 0.320. The Morgan fingerprint density at radius 3 is 1.90 bits per heavy atom. The molecule has 2 aromatic rings. The minimum atomic E-state index is -0.176.